The molecule has 1 atom stereocenters. The summed E-state index contributed by atoms with van der Waals surface area (Å²) in [4.78, 5) is 2.74. The number of hydrogen-bond donors (Lipinski definition) is 1. The molecule has 2 fully saturated rings. The SMILES string of the molecule is CCCC1(CN2CCC(C)CC2)CCCNC1. The van der Waals surface area contributed by atoms with Crippen LogP contribution >= 0.6 is 0 Å². The topological polar surface area (TPSA) is 15.3 Å². The molecule has 0 aliphatic carbocycles. The Morgan fingerprint density at radius 3 is 2.65 bits per heavy atom. The minimum atomic E-state index is 0.591. The van der Waals surface area contributed by atoms with E-state index in [1.54, 1.807) is 0 Å². The fourth-order valence-corrected chi connectivity index (χ4v) is 3.68. The van der Waals surface area contributed by atoms with Gasteiger partial charge in [0.25, 0.3) is 0 Å². The van der Waals surface area contributed by atoms with Crippen molar-refractivity contribution in [2.24, 2.45) is 11.3 Å². The maximum absolute atomic E-state index is 3.63. The van der Waals surface area contributed by atoms with E-state index in [1.807, 2.05) is 0 Å². The molecule has 2 nitrogen and oxygen atoms in total. The van der Waals surface area contributed by atoms with Gasteiger partial charge in [-0.1, -0.05) is 20.3 Å². The normalized spacial score (nSPS) is 32.8. The van der Waals surface area contributed by atoms with Crippen molar-refractivity contribution in [1.29, 1.82) is 0 Å². The number of piperidine rings is 2. The van der Waals surface area contributed by atoms with Gasteiger partial charge >= 0.3 is 0 Å². The molecule has 2 heterocycles. The lowest BCUT2D eigenvalue weighted by atomic mass is 9.76. The Balaban J connectivity index is 1.88. The standard InChI is InChI=1S/C15H30N2/c1-3-7-15(8-4-9-16-12-15)13-17-10-5-14(2)6-11-17/h14,16H,3-13H2,1-2H3. The average Bonchev–Trinajstić information content (AvgIpc) is 2.34. The zero-order valence-corrected chi connectivity index (χ0v) is 11.8. The summed E-state index contributed by atoms with van der Waals surface area (Å²) in [5.74, 6) is 0.956. The predicted molar refractivity (Wildman–Crippen MR) is 74.3 cm³/mol. The second kappa shape index (κ2) is 6.19. The van der Waals surface area contributed by atoms with Gasteiger partial charge in [-0.25, -0.2) is 0 Å². The van der Waals surface area contributed by atoms with Crippen LogP contribution in [-0.4, -0.2) is 37.6 Å². The van der Waals surface area contributed by atoms with Crippen molar-refractivity contribution < 1.29 is 0 Å². The van der Waals surface area contributed by atoms with E-state index in [0.29, 0.717) is 5.41 Å². The summed E-state index contributed by atoms with van der Waals surface area (Å²) in [5.41, 5.74) is 0.591. The van der Waals surface area contributed by atoms with E-state index in [1.165, 1.54) is 71.2 Å². The molecule has 0 amide bonds. The fraction of sp³-hybridized carbons (Fsp3) is 1.00. The molecular weight excluding hydrogens is 208 g/mol. The Labute approximate surface area is 107 Å². The third-order valence-corrected chi connectivity index (χ3v) is 4.78. The van der Waals surface area contributed by atoms with E-state index in [9.17, 15) is 0 Å². The van der Waals surface area contributed by atoms with Crippen LogP contribution in [0.25, 0.3) is 0 Å². The van der Waals surface area contributed by atoms with Gasteiger partial charge in [-0.2, -0.15) is 0 Å². The number of nitrogens with one attached hydrogen (secondary N) is 1. The highest BCUT2D eigenvalue weighted by Gasteiger charge is 2.33. The van der Waals surface area contributed by atoms with E-state index in [-0.39, 0.29) is 0 Å². The Hall–Kier alpha value is -0.0800. The highest BCUT2D eigenvalue weighted by atomic mass is 15.1. The summed E-state index contributed by atoms with van der Waals surface area (Å²) in [7, 11) is 0. The second-order valence-electron chi connectivity index (χ2n) is 6.49. The van der Waals surface area contributed by atoms with E-state index in [0.717, 1.165) is 5.92 Å². The minimum Gasteiger partial charge on any atom is -0.316 e. The van der Waals surface area contributed by atoms with Crippen LogP contribution in [0.5, 0.6) is 0 Å². The molecule has 17 heavy (non-hydrogen) atoms. The molecule has 0 saturated carbocycles. The third kappa shape index (κ3) is 3.69. The van der Waals surface area contributed by atoms with Gasteiger partial charge in [0.15, 0.2) is 0 Å². The quantitative estimate of drug-likeness (QED) is 0.810. The molecular formula is C15H30N2. The zero-order valence-electron chi connectivity index (χ0n) is 11.8. The van der Waals surface area contributed by atoms with Gasteiger partial charge in [-0.05, 0) is 63.1 Å². The zero-order chi connectivity index (χ0) is 12.1. The Morgan fingerprint density at radius 1 is 1.29 bits per heavy atom. The van der Waals surface area contributed by atoms with Gasteiger partial charge in [-0.3, -0.25) is 0 Å². The van der Waals surface area contributed by atoms with Crippen LogP contribution in [-0.2, 0) is 0 Å². The van der Waals surface area contributed by atoms with E-state index in [2.05, 4.69) is 24.1 Å². The maximum atomic E-state index is 3.63. The summed E-state index contributed by atoms with van der Waals surface area (Å²) >= 11 is 0. The average molecular weight is 238 g/mol. The third-order valence-electron chi connectivity index (χ3n) is 4.78. The Morgan fingerprint density at radius 2 is 2.06 bits per heavy atom. The first-order chi connectivity index (χ1) is 8.24. The lowest BCUT2D eigenvalue weighted by Gasteiger charge is -2.43. The van der Waals surface area contributed by atoms with Gasteiger partial charge in [0.05, 0.1) is 0 Å². The highest BCUT2D eigenvalue weighted by molar-refractivity contribution is 4.89. The molecule has 0 bridgehead atoms. The molecule has 100 valence electrons. The lowest BCUT2D eigenvalue weighted by molar-refractivity contribution is 0.0828. The molecule has 2 heteroatoms. The highest BCUT2D eigenvalue weighted by Crippen LogP contribution is 2.33. The molecule has 1 unspecified atom stereocenters. The number of nitrogens with zero attached hydrogens (tertiary/aromatic N) is 1. The molecule has 1 N–H and O–H groups in total. The Kier molecular flexibility index (Phi) is 4.87. The number of rotatable bonds is 4. The van der Waals surface area contributed by atoms with Crippen LogP contribution in [0.15, 0.2) is 0 Å². The Bertz CT molecular complexity index is 207. The van der Waals surface area contributed by atoms with E-state index >= 15 is 0 Å². The first-order valence-electron chi connectivity index (χ1n) is 7.67. The summed E-state index contributed by atoms with van der Waals surface area (Å²) in [5, 5.41) is 3.63. The van der Waals surface area contributed by atoms with Crippen molar-refractivity contribution in [2.45, 2.75) is 52.4 Å². The molecule has 0 radical (unpaired) electrons. The maximum Gasteiger partial charge on any atom is 0.00501 e. The smallest absolute Gasteiger partial charge is 0.00501 e. The van der Waals surface area contributed by atoms with Gasteiger partial charge in [-0.15, -0.1) is 0 Å². The summed E-state index contributed by atoms with van der Waals surface area (Å²) in [6, 6.07) is 0. The van der Waals surface area contributed by atoms with Crippen molar-refractivity contribution in [3.8, 4) is 0 Å². The lowest BCUT2D eigenvalue weighted by Crippen LogP contribution is -2.49. The van der Waals surface area contributed by atoms with E-state index < -0.39 is 0 Å². The van der Waals surface area contributed by atoms with Crippen molar-refractivity contribution in [3.63, 3.8) is 0 Å². The van der Waals surface area contributed by atoms with Crippen LogP contribution in [0, 0.1) is 11.3 Å². The van der Waals surface area contributed by atoms with Gasteiger partial charge < -0.3 is 10.2 Å². The summed E-state index contributed by atoms with van der Waals surface area (Å²) in [6.07, 6.45) is 8.40. The van der Waals surface area contributed by atoms with Crippen molar-refractivity contribution in [2.75, 3.05) is 32.7 Å². The largest absolute Gasteiger partial charge is 0.316 e. The van der Waals surface area contributed by atoms with E-state index in [4.69, 9.17) is 0 Å². The number of likely N-dealkylation sites (tertiary alicyclic amines) is 1. The molecule has 2 aliphatic heterocycles. The molecule has 2 rings (SSSR count). The van der Waals surface area contributed by atoms with Gasteiger partial charge in [0.2, 0.25) is 0 Å². The first-order valence-corrected chi connectivity index (χ1v) is 7.67. The predicted octanol–water partition coefficient (Wildman–Crippen LogP) is 2.89. The van der Waals surface area contributed by atoms with Crippen LogP contribution in [0.2, 0.25) is 0 Å². The van der Waals surface area contributed by atoms with Crippen LogP contribution in [0.4, 0.5) is 0 Å². The van der Waals surface area contributed by atoms with Crippen molar-refractivity contribution >= 4 is 0 Å². The fourth-order valence-electron chi connectivity index (χ4n) is 3.68. The van der Waals surface area contributed by atoms with Gasteiger partial charge in [0.1, 0.15) is 0 Å². The van der Waals surface area contributed by atoms with Crippen LogP contribution in [0.1, 0.15) is 52.4 Å². The monoisotopic (exact) mass is 238 g/mol. The number of hydrogen-bond acceptors (Lipinski definition) is 2. The van der Waals surface area contributed by atoms with Gasteiger partial charge in [0, 0.05) is 13.1 Å². The van der Waals surface area contributed by atoms with Crippen molar-refractivity contribution in [1.82, 2.24) is 10.2 Å². The molecule has 2 aliphatic rings. The molecule has 0 aromatic heterocycles. The first kappa shape index (κ1) is 13.4. The van der Waals surface area contributed by atoms with Crippen molar-refractivity contribution in [3.05, 3.63) is 0 Å². The molecule has 0 aromatic rings. The second-order valence-corrected chi connectivity index (χ2v) is 6.49. The summed E-state index contributed by atoms with van der Waals surface area (Å²) in [6.45, 7) is 11.3. The van der Waals surface area contributed by atoms with Crippen LogP contribution in [0.3, 0.4) is 0 Å². The molecule has 0 aromatic carbocycles. The minimum absolute atomic E-state index is 0.591. The molecule has 0 spiro atoms. The summed E-state index contributed by atoms with van der Waals surface area (Å²) < 4.78 is 0. The van der Waals surface area contributed by atoms with Crippen LogP contribution < -0.4 is 5.32 Å². The molecule has 2 saturated heterocycles.